The van der Waals surface area contributed by atoms with Gasteiger partial charge in [0, 0.05) is 24.7 Å². The lowest BCUT2D eigenvalue weighted by Crippen LogP contribution is -2.44. The van der Waals surface area contributed by atoms with Crippen molar-refractivity contribution in [2.45, 2.75) is 38.9 Å². The lowest BCUT2D eigenvalue weighted by molar-refractivity contribution is 0.127. The summed E-state index contributed by atoms with van der Waals surface area (Å²) in [6.07, 6.45) is 2.59. The zero-order valence-electron chi connectivity index (χ0n) is 11.8. The Kier molecular flexibility index (Phi) is 4.43. The summed E-state index contributed by atoms with van der Waals surface area (Å²) in [7, 11) is 4.34. The highest BCUT2D eigenvalue weighted by Gasteiger charge is 2.22. The molecule has 0 spiro atoms. The fourth-order valence-electron chi connectivity index (χ4n) is 2.68. The number of nitrogens with two attached hydrogens (primary N) is 1. The normalized spacial score (nSPS) is 21.7. The van der Waals surface area contributed by atoms with Gasteiger partial charge in [-0.05, 0) is 46.5 Å². The molecule has 4 heteroatoms. The SMILES string of the molecule is Cc1oc(CN)cc1CN1CCCC(N(C)C)C1. The first-order valence-corrected chi connectivity index (χ1v) is 6.77. The van der Waals surface area contributed by atoms with Crippen molar-refractivity contribution in [3.63, 3.8) is 0 Å². The fourth-order valence-corrected chi connectivity index (χ4v) is 2.68. The maximum Gasteiger partial charge on any atom is 0.118 e. The van der Waals surface area contributed by atoms with Gasteiger partial charge in [0.15, 0.2) is 0 Å². The summed E-state index contributed by atoms with van der Waals surface area (Å²) in [6.45, 7) is 5.84. The molecule has 1 atom stereocenters. The highest BCUT2D eigenvalue weighted by Crippen LogP contribution is 2.20. The van der Waals surface area contributed by atoms with Crippen LogP contribution in [0.2, 0.25) is 0 Å². The van der Waals surface area contributed by atoms with E-state index < -0.39 is 0 Å². The number of likely N-dealkylation sites (N-methyl/N-ethyl adjacent to an activating group) is 1. The Labute approximate surface area is 110 Å². The smallest absolute Gasteiger partial charge is 0.118 e. The van der Waals surface area contributed by atoms with Crippen LogP contribution < -0.4 is 5.73 Å². The molecule has 1 fully saturated rings. The number of hydrogen-bond donors (Lipinski definition) is 1. The van der Waals surface area contributed by atoms with E-state index in [1.165, 1.54) is 24.9 Å². The lowest BCUT2D eigenvalue weighted by atomic mass is 10.0. The van der Waals surface area contributed by atoms with Crippen LogP contribution in [0.3, 0.4) is 0 Å². The molecular weight excluding hydrogens is 226 g/mol. The molecule has 1 saturated heterocycles. The number of rotatable bonds is 4. The van der Waals surface area contributed by atoms with Crippen LogP contribution in [0.25, 0.3) is 0 Å². The third-order valence-electron chi connectivity index (χ3n) is 3.88. The molecule has 18 heavy (non-hydrogen) atoms. The molecule has 1 aromatic rings. The van der Waals surface area contributed by atoms with Gasteiger partial charge in [-0.2, -0.15) is 0 Å². The van der Waals surface area contributed by atoms with Crippen molar-refractivity contribution in [2.75, 3.05) is 27.2 Å². The van der Waals surface area contributed by atoms with E-state index in [0.717, 1.165) is 24.6 Å². The minimum absolute atomic E-state index is 0.487. The summed E-state index contributed by atoms with van der Waals surface area (Å²) in [4.78, 5) is 4.85. The summed E-state index contributed by atoms with van der Waals surface area (Å²) in [6, 6.07) is 2.79. The predicted molar refractivity (Wildman–Crippen MR) is 73.3 cm³/mol. The molecule has 2 N–H and O–H groups in total. The number of likely N-dealkylation sites (tertiary alicyclic amines) is 1. The van der Waals surface area contributed by atoms with Gasteiger partial charge in [-0.15, -0.1) is 0 Å². The zero-order chi connectivity index (χ0) is 13.1. The number of hydrogen-bond acceptors (Lipinski definition) is 4. The highest BCUT2D eigenvalue weighted by molar-refractivity contribution is 5.20. The van der Waals surface area contributed by atoms with Crippen LogP contribution in [-0.2, 0) is 13.1 Å². The molecule has 0 saturated carbocycles. The Morgan fingerprint density at radius 3 is 2.89 bits per heavy atom. The summed E-state index contributed by atoms with van der Waals surface area (Å²) < 4.78 is 5.62. The van der Waals surface area contributed by atoms with E-state index in [1.54, 1.807) is 0 Å². The molecule has 1 aliphatic rings. The van der Waals surface area contributed by atoms with Gasteiger partial charge in [0.2, 0.25) is 0 Å². The predicted octanol–water partition coefficient (Wildman–Crippen LogP) is 1.57. The topological polar surface area (TPSA) is 45.6 Å². The van der Waals surface area contributed by atoms with Crippen LogP contribution in [-0.4, -0.2) is 43.0 Å². The van der Waals surface area contributed by atoms with Gasteiger partial charge < -0.3 is 15.1 Å². The Morgan fingerprint density at radius 1 is 1.50 bits per heavy atom. The maximum atomic E-state index is 5.62. The Bertz CT molecular complexity index is 386. The Balaban J connectivity index is 1.98. The van der Waals surface area contributed by atoms with E-state index in [4.69, 9.17) is 10.2 Å². The molecule has 2 rings (SSSR count). The fraction of sp³-hybridized carbons (Fsp3) is 0.714. The van der Waals surface area contributed by atoms with Crippen molar-refractivity contribution < 1.29 is 4.42 Å². The van der Waals surface area contributed by atoms with Gasteiger partial charge in [0.25, 0.3) is 0 Å². The second-order valence-electron chi connectivity index (χ2n) is 5.49. The van der Waals surface area contributed by atoms with E-state index in [0.29, 0.717) is 12.6 Å². The molecule has 0 bridgehead atoms. The van der Waals surface area contributed by atoms with E-state index in [1.807, 2.05) is 6.92 Å². The summed E-state index contributed by atoms with van der Waals surface area (Å²) in [5.41, 5.74) is 6.90. The molecule has 0 radical (unpaired) electrons. The zero-order valence-corrected chi connectivity index (χ0v) is 11.8. The van der Waals surface area contributed by atoms with Crippen molar-refractivity contribution in [1.82, 2.24) is 9.80 Å². The maximum absolute atomic E-state index is 5.62. The van der Waals surface area contributed by atoms with Gasteiger partial charge >= 0.3 is 0 Å². The lowest BCUT2D eigenvalue weighted by Gasteiger charge is -2.36. The van der Waals surface area contributed by atoms with E-state index >= 15 is 0 Å². The van der Waals surface area contributed by atoms with Crippen molar-refractivity contribution in [3.05, 3.63) is 23.2 Å². The summed E-state index contributed by atoms with van der Waals surface area (Å²) in [5, 5.41) is 0. The highest BCUT2D eigenvalue weighted by atomic mass is 16.3. The first kappa shape index (κ1) is 13.6. The first-order valence-electron chi connectivity index (χ1n) is 6.77. The average molecular weight is 251 g/mol. The van der Waals surface area contributed by atoms with Crippen molar-refractivity contribution in [2.24, 2.45) is 5.73 Å². The molecular formula is C14H25N3O. The largest absolute Gasteiger partial charge is 0.465 e. The van der Waals surface area contributed by atoms with Crippen LogP contribution in [0.15, 0.2) is 10.5 Å². The van der Waals surface area contributed by atoms with Crippen LogP contribution >= 0.6 is 0 Å². The van der Waals surface area contributed by atoms with E-state index in [2.05, 4.69) is 30.0 Å². The van der Waals surface area contributed by atoms with Gasteiger partial charge in [-0.1, -0.05) is 0 Å². The van der Waals surface area contributed by atoms with Crippen LogP contribution in [0.1, 0.15) is 29.9 Å². The Hall–Kier alpha value is -0.840. The van der Waals surface area contributed by atoms with Crippen molar-refractivity contribution in [1.29, 1.82) is 0 Å². The third-order valence-corrected chi connectivity index (χ3v) is 3.88. The third kappa shape index (κ3) is 3.13. The summed E-state index contributed by atoms with van der Waals surface area (Å²) in [5.74, 6) is 1.91. The summed E-state index contributed by atoms with van der Waals surface area (Å²) >= 11 is 0. The Morgan fingerprint density at radius 2 is 2.28 bits per heavy atom. The minimum atomic E-state index is 0.487. The van der Waals surface area contributed by atoms with Crippen LogP contribution in [0.4, 0.5) is 0 Å². The van der Waals surface area contributed by atoms with Gasteiger partial charge in [0.1, 0.15) is 11.5 Å². The van der Waals surface area contributed by atoms with Crippen molar-refractivity contribution in [3.8, 4) is 0 Å². The number of furan rings is 1. The molecule has 0 amide bonds. The molecule has 0 aromatic carbocycles. The monoisotopic (exact) mass is 251 g/mol. The van der Waals surface area contributed by atoms with Crippen molar-refractivity contribution >= 4 is 0 Å². The minimum Gasteiger partial charge on any atom is -0.465 e. The average Bonchev–Trinajstić information content (AvgIpc) is 2.70. The molecule has 4 nitrogen and oxygen atoms in total. The van der Waals surface area contributed by atoms with Crippen LogP contribution in [0.5, 0.6) is 0 Å². The molecule has 1 unspecified atom stereocenters. The number of aryl methyl sites for hydroxylation is 1. The second kappa shape index (κ2) is 5.87. The molecule has 1 aromatic heterocycles. The standard InChI is InChI=1S/C14H25N3O/c1-11-12(7-14(8-15)18-11)9-17-6-4-5-13(10-17)16(2)3/h7,13H,4-6,8-10,15H2,1-3H3. The molecule has 0 aliphatic carbocycles. The quantitative estimate of drug-likeness (QED) is 0.882. The first-order chi connectivity index (χ1) is 8.60. The van der Waals surface area contributed by atoms with Gasteiger partial charge in [-0.25, -0.2) is 0 Å². The number of nitrogens with zero attached hydrogens (tertiary/aromatic N) is 2. The van der Waals surface area contributed by atoms with Gasteiger partial charge in [0.05, 0.1) is 6.54 Å². The van der Waals surface area contributed by atoms with Gasteiger partial charge in [-0.3, -0.25) is 4.90 Å². The van der Waals surface area contributed by atoms with E-state index in [-0.39, 0.29) is 0 Å². The van der Waals surface area contributed by atoms with Crippen LogP contribution in [0, 0.1) is 6.92 Å². The molecule has 1 aliphatic heterocycles. The second-order valence-corrected chi connectivity index (χ2v) is 5.49. The van der Waals surface area contributed by atoms with E-state index in [9.17, 15) is 0 Å². The number of piperidine rings is 1. The molecule has 102 valence electrons. The molecule has 2 heterocycles.